The summed E-state index contributed by atoms with van der Waals surface area (Å²) in [6, 6.07) is 5.78. The summed E-state index contributed by atoms with van der Waals surface area (Å²) in [6.45, 7) is 0.384. The Labute approximate surface area is 112 Å². The minimum Gasteiger partial charge on any atom is -0.493 e. The summed E-state index contributed by atoms with van der Waals surface area (Å²) in [5, 5.41) is 4.33. The van der Waals surface area contributed by atoms with E-state index < -0.39 is 0 Å². The molecule has 1 aromatic heterocycles. The van der Waals surface area contributed by atoms with Crippen LogP contribution in [0, 0.1) is 0 Å². The number of hydrogen-bond donors (Lipinski definition) is 1. The van der Waals surface area contributed by atoms with Gasteiger partial charge in [-0.3, -0.25) is 4.68 Å². The molecule has 0 amide bonds. The Kier molecular flexibility index (Phi) is 4.01. The second-order valence-corrected chi connectivity index (χ2v) is 4.14. The molecule has 0 fully saturated rings. The summed E-state index contributed by atoms with van der Waals surface area (Å²) in [5.41, 5.74) is 6.64. The normalized spacial score (nSPS) is 10.5. The zero-order valence-electron chi connectivity index (χ0n) is 11.4. The van der Waals surface area contributed by atoms with Crippen molar-refractivity contribution in [1.29, 1.82) is 0 Å². The van der Waals surface area contributed by atoms with Crippen molar-refractivity contribution in [2.24, 2.45) is 12.8 Å². The van der Waals surface area contributed by atoms with Crippen LogP contribution in [0.2, 0.25) is 0 Å². The first-order valence-corrected chi connectivity index (χ1v) is 5.97. The number of aryl methyl sites for hydroxylation is 1. The summed E-state index contributed by atoms with van der Waals surface area (Å²) in [4.78, 5) is 4.38. The van der Waals surface area contributed by atoms with Gasteiger partial charge in [0.25, 0.3) is 0 Å². The van der Waals surface area contributed by atoms with E-state index in [1.165, 1.54) is 0 Å². The van der Waals surface area contributed by atoms with Crippen LogP contribution < -0.4 is 15.2 Å². The minimum atomic E-state index is 0.384. The van der Waals surface area contributed by atoms with E-state index in [0.717, 1.165) is 17.2 Å². The second kappa shape index (κ2) is 5.71. The SMILES string of the molecule is COc1ccc(Cc2nc(CN)n(C)n2)cc1OC. The molecular weight excluding hydrogens is 244 g/mol. The monoisotopic (exact) mass is 262 g/mol. The highest BCUT2D eigenvalue weighted by Crippen LogP contribution is 2.28. The predicted octanol–water partition coefficient (Wildman–Crippen LogP) is 0.882. The lowest BCUT2D eigenvalue weighted by atomic mass is 10.1. The third kappa shape index (κ3) is 2.85. The van der Waals surface area contributed by atoms with Crippen molar-refractivity contribution in [2.45, 2.75) is 13.0 Å². The minimum absolute atomic E-state index is 0.384. The highest BCUT2D eigenvalue weighted by molar-refractivity contribution is 5.43. The van der Waals surface area contributed by atoms with Crippen LogP contribution in [0.3, 0.4) is 0 Å². The Hall–Kier alpha value is -2.08. The molecule has 0 spiro atoms. The molecule has 0 bridgehead atoms. The number of methoxy groups -OCH3 is 2. The molecule has 0 radical (unpaired) electrons. The first kappa shape index (κ1) is 13.4. The van der Waals surface area contributed by atoms with Gasteiger partial charge in [-0.2, -0.15) is 5.10 Å². The molecule has 6 nitrogen and oxygen atoms in total. The van der Waals surface area contributed by atoms with Gasteiger partial charge in [-0.05, 0) is 17.7 Å². The maximum absolute atomic E-state index is 5.58. The van der Waals surface area contributed by atoms with E-state index in [4.69, 9.17) is 15.2 Å². The average molecular weight is 262 g/mol. The lowest BCUT2D eigenvalue weighted by Gasteiger charge is -2.08. The van der Waals surface area contributed by atoms with Crippen molar-refractivity contribution >= 4 is 0 Å². The number of nitrogens with zero attached hydrogens (tertiary/aromatic N) is 3. The molecule has 1 heterocycles. The maximum Gasteiger partial charge on any atom is 0.161 e. The Morgan fingerprint density at radius 3 is 2.53 bits per heavy atom. The van der Waals surface area contributed by atoms with E-state index in [1.807, 2.05) is 25.2 Å². The molecular formula is C13H18N4O2. The Balaban J connectivity index is 2.22. The van der Waals surface area contributed by atoms with E-state index in [9.17, 15) is 0 Å². The van der Waals surface area contributed by atoms with Gasteiger partial charge in [0.2, 0.25) is 0 Å². The quantitative estimate of drug-likeness (QED) is 0.865. The Morgan fingerprint density at radius 1 is 1.21 bits per heavy atom. The van der Waals surface area contributed by atoms with E-state index >= 15 is 0 Å². The van der Waals surface area contributed by atoms with Crippen molar-refractivity contribution in [3.8, 4) is 11.5 Å². The first-order chi connectivity index (χ1) is 9.17. The van der Waals surface area contributed by atoms with Crippen molar-refractivity contribution in [2.75, 3.05) is 14.2 Å². The summed E-state index contributed by atoms with van der Waals surface area (Å²) >= 11 is 0. The Bertz CT molecular complexity index is 566. The number of aromatic nitrogens is 3. The van der Waals surface area contributed by atoms with Crippen LogP contribution in [-0.2, 0) is 20.0 Å². The van der Waals surface area contributed by atoms with Crippen molar-refractivity contribution < 1.29 is 9.47 Å². The molecule has 2 aromatic rings. The molecule has 6 heteroatoms. The smallest absolute Gasteiger partial charge is 0.161 e. The van der Waals surface area contributed by atoms with Crippen molar-refractivity contribution in [3.63, 3.8) is 0 Å². The van der Waals surface area contributed by atoms with Gasteiger partial charge in [-0.25, -0.2) is 4.98 Å². The van der Waals surface area contributed by atoms with Gasteiger partial charge in [0.05, 0.1) is 20.8 Å². The van der Waals surface area contributed by atoms with Crippen LogP contribution in [0.5, 0.6) is 11.5 Å². The maximum atomic E-state index is 5.58. The van der Waals surface area contributed by atoms with Gasteiger partial charge in [0, 0.05) is 13.5 Å². The first-order valence-electron chi connectivity index (χ1n) is 5.97. The van der Waals surface area contributed by atoms with Crippen molar-refractivity contribution in [3.05, 3.63) is 35.4 Å². The molecule has 2 N–H and O–H groups in total. The van der Waals surface area contributed by atoms with E-state index in [1.54, 1.807) is 18.9 Å². The van der Waals surface area contributed by atoms with Crippen molar-refractivity contribution in [1.82, 2.24) is 14.8 Å². The molecule has 2 rings (SSSR count). The van der Waals surface area contributed by atoms with E-state index in [-0.39, 0.29) is 0 Å². The molecule has 1 aromatic carbocycles. The molecule has 0 aliphatic heterocycles. The molecule has 0 saturated carbocycles. The molecule has 102 valence electrons. The molecule has 0 saturated heterocycles. The number of rotatable bonds is 5. The zero-order chi connectivity index (χ0) is 13.8. The summed E-state index contributed by atoms with van der Waals surface area (Å²) in [7, 11) is 5.08. The standard InChI is InChI=1S/C13H18N4O2/c1-17-13(8-14)15-12(16-17)7-9-4-5-10(18-2)11(6-9)19-3/h4-6H,7-8,14H2,1-3H3. The van der Waals surface area contributed by atoms with Gasteiger partial charge in [0.1, 0.15) is 5.82 Å². The van der Waals surface area contributed by atoms with Gasteiger partial charge >= 0.3 is 0 Å². The molecule has 0 aliphatic rings. The highest BCUT2D eigenvalue weighted by atomic mass is 16.5. The lowest BCUT2D eigenvalue weighted by molar-refractivity contribution is 0.354. The summed E-state index contributed by atoms with van der Waals surface area (Å²) in [5.74, 6) is 2.93. The average Bonchev–Trinajstić information content (AvgIpc) is 2.78. The van der Waals surface area contributed by atoms with Gasteiger partial charge in [0.15, 0.2) is 17.3 Å². The van der Waals surface area contributed by atoms with E-state index in [2.05, 4.69) is 10.1 Å². The number of nitrogens with two attached hydrogens (primary N) is 1. The van der Waals surface area contributed by atoms with Gasteiger partial charge in [-0.15, -0.1) is 0 Å². The van der Waals surface area contributed by atoms with Crippen LogP contribution in [0.4, 0.5) is 0 Å². The van der Waals surface area contributed by atoms with Crippen LogP contribution in [0.25, 0.3) is 0 Å². The van der Waals surface area contributed by atoms with Crippen LogP contribution in [-0.4, -0.2) is 29.0 Å². The predicted molar refractivity (Wildman–Crippen MR) is 71.2 cm³/mol. The van der Waals surface area contributed by atoms with Crippen LogP contribution in [0.1, 0.15) is 17.2 Å². The third-order valence-electron chi connectivity index (χ3n) is 2.89. The molecule has 0 aliphatic carbocycles. The summed E-state index contributed by atoms with van der Waals surface area (Å²) < 4.78 is 12.2. The second-order valence-electron chi connectivity index (χ2n) is 4.14. The zero-order valence-corrected chi connectivity index (χ0v) is 11.4. The lowest BCUT2D eigenvalue weighted by Crippen LogP contribution is -2.05. The van der Waals surface area contributed by atoms with Gasteiger partial charge < -0.3 is 15.2 Å². The van der Waals surface area contributed by atoms with Crippen LogP contribution >= 0.6 is 0 Å². The fourth-order valence-electron chi connectivity index (χ4n) is 1.90. The fourth-order valence-corrected chi connectivity index (χ4v) is 1.90. The van der Waals surface area contributed by atoms with Gasteiger partial charge in [-0.1, -0.05) is 6.07 Å². The number of ether oxygens (including phenoxy) is 2. The highest BCUT2D eigenvalue weighted by Gasteiger charge is 2.09. The van der Waals surface area contributed by atoms with E-state index in [0.29, 0.717) is 24.5 Å². The largest absolute Gasteiger partial charge is 0.493 e. The fraction of sp³-hybridized carbons (Fsp3) is 0.385. The van der Waals surface area contributed by atoms with Crippen LogP contribution in [0.15, 0.2) is 18.2 Å². The molecule has 0 unspecified atom stereocenters. The third-order valence-corrected chi connectivity index (χ3v) is 2.89. The molecule has 19 heavy (non-hydrogen) atoms. The Morgan fingerprint density at radius 2 is 1.95 bits per heavy atom. The molecule has 0 atom stereocenters. The summed E-state index contributed by atoms with van der Waals surface area (Å²) in [6.07, 6.45) is 0.633. The number of hydrogen-bond acceptors (Lipinski definition) is 5. The topological polar surface area (TPSA) is 75.2 Å². The number of benzene rings is 1.